The van der Waals surface area contributed by atoms with Gasteiger partial charge in [0.25, 0.3) is 16.8 Å². The molecule has 31 heavy (non-hydrogen) atoms. The van der Waals surface area contributed by atoms with Crippen LogP contribution in [0.2, 0.25) is 0 Å². The standard InChI is InChI=1S/C22H21F2N3O4/c1-4-15(11-8-12(23)10-13(24)9-11)25-17-18(21(30)20(17)29)26-16-7-5-6-14(19(16)28)22(31)27(2)3/h5-10,15,25-26,28H,4H2,1-3H3/t15-/m1/s1. The Hall–Kier alpha value is -3.75. The van der Waals surface area contributed by atoms with Crippen LogP contribution >= 0.6 is 0 Å². The number of carbonyl (C=O) groups is 1. The molecule has 9 heteroatoms. The fourth-order valence-electron chi connectivity index (χ4n) is 3.21. The first kappa shape index (κ1) is 21.9. The molecule has 7 nitrogen and oxygen atoms in total. The number of hydrogen-bond donors (Lipinski definition) is 3. The quantitative estimate of drug-likeness (QED) is 0.394. The summed E-state index contributed by atoms with van der Waals surface area (Å²) in [7, 11) is 3.06. The lowest BCUT2D eigenvalue weighted by Gasteiger charge is -2.22. The SMILES string of the molecule is CC[C@@H](Nc1c(Nc2cccc(C(=O)N(C)C)c2O)c(=O)c1=O)c1cc(F)cc(F)c1. The highest BCUT2D eigenvalue weighted by molar-refractivity contribution is 5.99. The molecule has 0 aliphatic rings. The predicted octanol–water partition coefficient (Wildman–Crippen LogP) is 3.28. The lowest BCUT2D eigenvalue weighted by molar-refractivity contribution is 0.0824. The van der Waals surface area contributed by atoms with Gasteiger partial charge >= 0.3 is 0 Å². The van der Waals surface area contributed by atoms with E-state index < -0.39 is 34.4 Å². The zero-order valence-electron chi connectivity index (χ0n) is 17.1. The molecular weight excluding hydrogens is 408 g/mol. The van der Waals surface area contributed by atoms with Crippen molar-refractivity contribution in [1.82, 2.24) is 4.90 Å². The minimum Gasteiger partial charge on any atom is -0.505 e. The number of nitrogens with one attached hydrogen (secondary N) is 2. The first-order chi connectivity index (χ1) is 14.6. The van der Waals surface area contributed by atoms with E-state index in [9.17, 15) is 28.3 Å². The third kappa shape index (κ3) is 4.25. The molecule has 3 N–H and O–H groups in total. The van der Waals surface area contributed by atoms with Gasteiger partial charge in [0.1, 0.15) is 23.0 Å². The summed E-state index contributed by atoms with van der Waals surface area (Å²) >= 11 is 0. The van der Waals surface area contributed by atoms with E-state index in [0.717, 1.165) is 18.2 Å². The predicted molar refractivity (Wildman–Crippen MR) is 114 cm³/mol. The summed E-state index contributed by atoms with van der Waals surface area (Å²) in [5.74, 6) is -2.33. The Morgan fingerprint density at radius 1 is 1.06 bits per heavy atom. The van der Waals surface area contributed by atoms with Crippen molar-refractivity contribution < 1.29 is 18.7 Å². The maximum absolute atomic E-state index is 13.6. The first-order valence-electron chi connectivity index (χ1n) is 9.50. The number of benzene rings is 2. The smallest absolute Gasteiger partial charge is 0.257 e. The number of carbonyl (C=O) groups excluding carboxylic acids is 1. The van der Waals surface area contributed by atoms with Crippen LogP contribution in [0.15, 0.2) is 46.0 Å². The van der Waals surface area contributed by atoms with Crippen LogP contribution in [-0.4, -0.2) is 30.0 Å². The van der Waals surface area contributed by atoms with Gasteiger partial charge in [0.05, 0.1) is 17.3 Å². The van der Waals surface area contributed by atoms with Crippen molar-refractivity contribution in [2.45, 2.75) is 19.4 Å². The van der Waals surface area contributed by atoms with Gasteiger partial charge in [-0.3, -0.25) is 14.4 Å². The molecule has 0 bridgehead atoms. The molecule has 162 valence electrons. The van der Waals surface area contributed by atoms with Gasteiger partial charge in [-0.05, 0) is 36.2 Å². The fraction of sp³-hybridized carbons (Fsp3) is 0.227. The summed E-state index contributed by atoms with van der Waals surface area (Å²) in [5, 5.41) is 16.0. The molecule has 0 heterocycles. The van der Waals surface area contributed by atoms with Crippen molar-refractivity contribution in [2.75, 3.05) is 24.7 Å². The van der Waals surface area contributed by atoms with Gasteiger partial charge in [-0.2, -0.15) is 0 Å². The summed E-state index contributed by atoms with van der Waals surface area (Å²) in [4.78, 5) is 37.8. The third-order valence-electron chi connectivity index (χ3n) is 4.86. The number of nitrogens with zero attached hydrogens (tertiary/aromatic N) is 1. The van der Waals surface area contributed by atoms with E-state index >= 15 is 0 Å². The topological polar surface area (TPSA) is 98.7 Å². The second kappa shape index (κ2) is 8.55. The van der Waals surface area contributed by atoms with Gasteiger partial charge in [0.15, 0.2) is 5.75 Å². The molecule has 0 aromatic heterocycles. The van der Waals surface area contributed by atoms with Crippen LogP contribution in [0.25, 0.3) is 0 Å². The van der Waals surface area contributed by atoms with Crippen LogP contribution in [0.1, 0.15) is 35.3 Å². The summed E-state index contributed by atoms with van der Waals surface area (Å²) in [6.45, 7) is 1.75. The van der Waals surface area contributed by atoms with E-state index in [4.69, 9.17) is 0 Å². The van der Waals surface area contributed by atoms with E-state index in [-0.39, 0.29) is 33.9 Å². The Kier molecular flexibility index (Phi) is 6.05. The lowest BCUT2D eigenvalue weighted by atomic mass is 10.0. The van der Waals surface area contributed by atoms with Crippen LogP contribution in [0.3, 0.4) is 0 Å². The molecule has 3 aromatic carbocycles. The summed E-state index contributed by atoms with van der Waals surface area (Å²) in [5.41, 5.74) is -1.42. The number of rotatable bonds is 7. The Balaban J connectivity index is 1.92. The average Bonchev–Trinajstić information content (AvgIpc) is 2.72. The number of aromatic hydroxyl groups is 1. The minimum atomic E-state index is -0.813. The summed E-state index contributed by atoms with van der Waals surface area (Å²) in [6, 6.07) is 6.78. The van der Waals surface area contributed by atoms with Crippen LogP contribution in [0.5, 0.6) is 5.75 Å². The van der Waals surface area contributed by atoms with Crippen molar-refractivity contribution in [1.29, 1.82) is 0 Å². The number of para-hydroxylation sites is 1. The van der Waals surface area contributed by atoms with E-state index in [1.807, 2.05) is 0 Å². The molecule has 0 aliphatic carbocycles. The highest BCUT2D eigenvalue weighted by Crippen LogP contribution is 2.33. The Morgan fingerprint density at radius 3 is 2.26 bits per heavy atom. The number of anilines is 3. The van der Waals surface area contributed by atoms with Crippen molar-refractivity contribution in [2.24, 2.45) is 0 Å². The third-order valence-corrected chi connectivity index (χ3v) is 4.86. The number of amides is 1. The molecule has 3 rings (SSSR count). The molecule has 1 atom stereocenters. The van der Waals surface area contributed by atoms with Gasteiger partial charge in [-0.25, -0.2) is 8.78 Å². The van der Waals surface area contributed by atoms with E-state index in [2.05, 4.69) is 10.6 Å². The largest absolute Gasteiger partial charge is 0.505 e. The zero-order chi connectivity index (χ0) is 22.9. The monoisotopic (exact) mass is 429 g/mol. The molecule has 0 unspecified atom stereocenters. The first-order valence-corrected chi connectivity index (χ1v) is 9.50. The van der Waals surface area contributed by atoms with Gasteiger partial charge < -0.3 is 20.6 Å². The maximum Gasteiger partial charge on any atom is 0.257 e. The average molecular weight is 429 g/mol. The summed E-state index contributed by atoms with van der Waals surface area (Å²) < 4.78 is 27.2. The Labute approximate surface area is 176 Å². The van der Waals surface area contributed by atoms with Crippen LogP contribution in [-0.2, 0) is 0 Å². The Morgan fingerprint density at radius 2 is 1.68 bits per heavy atom. The van der Waals surface area contributed by atoms with Crippen molar-refractivity contribution in [3.05, 3.63) is 79.6 Å². The molecule has 0 spiro atoms. The maximum atomic E-state index is 13.6. The van der Waals surface area contributed by atoms with Crippen molar-refractivity contribution >= 4 is 23.0 Å². The van der Waals surface area contributed by atoms with Gasteiger partial charge in [0, 0.05) is 20.2 Å². The van der Waals surface area contributed by atoms with E-state index in [1.165, 1.54) is 37.2 Å². The van der Waals surface area contributed by atoms with Gasteiger partial charge in [0.2, 0.25) is 0 Å². The highest BCUT2D eigenvalue weighted by Gasteiger charge is 2.26. The number of phenols is 1. The number of phenolic OH excluding ortho intramolecular Hbond substituents is 1. The van der Waals surface area contributed by atoms with Crippen LogP contribution in [0.4, 0.5) is 25.8 Å². The van der Waals surface area contributed by atoms with Crippen molar-refractivity contribution in [3.8, 4) is 5.75 Å². The fourth-order valence-corrected chi connectivity index (χ4v) is 3.21. The van der Waals surface area contributed by atoms with E-state index in [0.29, 0.717) is 6.42 Å². The second-order valence-electron chi connectivity index (χ2n) is 7.24. The van der Waals surface area contributed by atoms with Crippen LogP contribution in [0, 0.1) is 11.6 Å². The van der Waals surface area contributed by atoms with Crippen LogP contribution < -0.4 is 21.5 Å². The van der Waals surface area contributed by atoms with E-state index in [1.54, 1.807) is 6.92 Å². The molecule has 0 aliphatic heterocycles. The molecule has 3 aromatic rings. The molecule has 1 amide bonds. The van der Waals surface area contributed by atoms with Gasteiger partial charge in [-0.15, -0.1) is 0 Å². The molecule has 0 fully saturated rings. The molecule has 0 saturated heterocycles. The number of hydrogen-bond acceptors (Lipinski definition) is 6. The molecular formula is C22H21F2N3O4. The molecule has 0 radical (unpaired) electrons. The zero-order valence-corrected chi connectivity index (χ0v) is 17.1. The Bertz CT molecular complexity index is 1200. The summed E-state index contributed by atoms with van der Waals surface area (Å²) in [6.07, 6.45) is 0.374. The highest BCUT2D eigenvalue weighted by atomic mass is 19.1. The van der Waals surface area contributed by atoms with Crippen molar-refractivity contribution in [3.63, 3.8) is 0 Å². The molecule has 0 saturated carbocycles. The second-order valence-corrected chi connectivity index (χ2v) is 7.24. The minimum absolute atomic E-state index is 0.0184. The number of halogens is 2. The lowest BCUT2D eigenvalue weighted by Crippen LogP contribution is -2.37. The van der Waals surface area contributed by atoms with Gasteiger partial charge in [-0.1, -0.05) is 13.0 Å². The normalized spacial score (nSPS) is 11.9.